The SMILES string of the molecule is CC1CN(C(=O)C(C)(C)O)CC(C)N1c1cccc(-c2cc(-c3ccnn3C3CCOCC3)c3c(N)ncnn23)c1. The Kier molecular flexibility index (Phi) is 6.95. The number of hydrogen-bond donors (Lipinski definition) is 2. The number of anilines is 2. The van der Waals surface area contributed by atoms with Gasteiger partial charge >= 0.3 is 0 Å². The van der Waals surface area contributed by atoms with Gasteiger partial charge in [0.15, 0.2) is 5.82 Å². The topological polar surface area (TPSA) is 127 Å². The molecule has 2 saturated heterocycles. The van der Waals surface area contributed by atoms with Crippen molar-refractivity contribution >= 4 is 22.9 Å². The Labute approximate surface area is 239 Å². The van der Waals surface area contributed by atoms with Crippen LogP contribution in [-0.2, 0) is 9.53 Å². The minimum Gasteiger partial charge on any atom is -0.382 e. The third kappa shape index (κ3) is 4.93. The van der Waals surface area contributed by atoms with Gasteiger partial charge in [-0.15, -0.1) is 0 Å². The van der Waals surface area contributed by atoms with Gasteiger partial charge in [0.05, 0.1) is 17.4 Å². The van der Waals surface area contributed by atoms with Crippen LogP contribution in [0, 0.1) is 0 Å². The molecule has 1 aromatic carbocycles. The van der Waals surface area contributed by atoms with E-state index in [2.05, 4.69) is 62.9 Å². The molecular formula is C30H38N8O3. The lowest BCUT2D eigenvalue weighted by Crippen LogP contribution is -2.61. The van der Waals surface area contributed by atoms with E-state index in [1.807, 2.05) is 22.8 Å². The number of nitrogens with two attached hydrogens (primary N) is 1. The summed E-state index contributed by atoms with van der Waals surface area (Å²) in [7, 11) is 0. The number of piperazine rings is 1. The Balaban J connectivity index is 1.38. The molecule has 3 aromatic heterocycles. The van der Waals surface area contributed by atoms with Crippen LogP contribution in [0.3, 0.4) is 0 Å². The Morgan fingerprint density at radius 1 is 1.05 bits per heavy atom. The molecule has 2 aliphatic heterocycles. The van der Waals surface area contributed by atoms with Crippen molar-refractivity contribution in [1.29, 1.82) is 0 Å². The fourth-order valence-electron chi connectivity index (χ4n) is 6.43. The smallest absolute Gasteiger partial charge is 0.254 e. The third-order valence-electron chi connectivity index (χ3n) is 8.24. The number of ether oxygens (including phenoxy) is 1. The number of nitrogen functional groups attached to an aromatic ring is 1. The first-order valence-electron chi connectivity index (χ1n) is 14.3. The Morgan fingerprint density at radius 2 is 1.78 bits per heavy atom. The minimum absolute atomic E-state index is 0.0618. The van der Waals surface area contributed by atoms with Crippen molar-refractivity contribution in [3.05, 3.63) is 48.9 Å². The summed E-state index contributed by atoms with van der Waals surface area (Å²) in [6.45, 7) is 9.84. The average molecular weight is 559 g/mol. The molecule has 216 valence electrons. The number of amides is 1. The molecule has 0 bridgehead atoms. The Hall–Kier alpha value is -3.96. The second kappa shape index (κ2) is 10.5. The number of carbonyl (C=O) groups excluding carboxylic acids is 1. The fraction of sp³-hybridized carbons (Fsp3) is 0.467. The molecule has 0 spiro atoms. The molecule has 2 atom stereocenters. The van der Waals surface area contributed by atoms with Crippen molar-refractivity contribution in [3.63, 3.8) is 0 Å². The van der Waals surface area contributed by atoms with Crippen molar-refractivity contribution in [2.75, 3.05) is 36.9 Å². The third-order valence-corrected chi connectivity index (χ3v) is 8.24. The molecule has 11 nitrogen and oxygen atoms in total. The standard InChI is InChI=1S/C30H38N8O3/c1-19-16-35(29(39)30(3,4)40)17-20(2)36(19)23-7-5-6-21(14-23)26-15-24(27-28(31)32-18-34-38(26)27)25-8-11-33-37(25)22-9-12-41-13-10-22/h5-8,11,14-15,18-20,22,40H,9-10,12-13,16-17H2,1-4H3,(H2,31,32,34). The highest BCUT2D eigenvalue weighted by Gasteiger charge is 2.37. The van der Waals surface area contributed by atoms with Gasteiger partial charge in [-0.3, -0.25) is 9.48 Å². The summed E-state index contributed by atoms with van der Waals surface area (Å²) < 4.78 is 9.54. The molecule has 1 amide bonds. The summed E-state index contributed by atoms with van der Waals surface area (Å²) in [5.41, 5.74) is 10.7. The Bertz CT molecular complexity index is 1550. The first kappa shape index (κ1) is 27.2. The van der Waals surface area contributed by atoms with Gasteiger partial charge in [0.25, 0.3) is 5.91 Å². The average Bonchev–Trinajstić information content (AvgIpc) is 3.58. The van der Waals surface area contributed by atoms with E-state index in [1.165, 1.54) is 6.33 Å². The van der Waals surface area contributed by atoms with Crippen molar-refractivity contribution in [3.8, 4) is 22.5 Å². The number of aliphatic hydroxyl groups is 1. The van der Waals surface area contributed by atoms with E-state index in [-0.39, 0.29) is 24.0 Å². The highest BCUT2D eigenvalue weighted by molar-refractivity contribution is 5.91. The van der Waals surface area contributed by atoms with Gasteiger partial charge < -0.3 is 25.4 Å². The normalized spacial score (nSPS) is 20.6. The molecule has 0 saturated carbocycles. The van der Waals surface area contributed by atoms with E-state index in [0.29, 0.717) is 18.9 Å². The monoisotopic (exact) mass is 558 g/mol. The zero-order valence-corrected chi connectivity index (χ0v) is 24.1. The van der Waals surface area contributed by atoms with Crippen LogP contribution in [0.2, 0.25) is 0 Å². The molecule has 0 aliphatic carbocycles. The fourth-order valence-corrected chi connectivity index (χ4v) is 6.43. The number of aromatic nitrogens is 5. The van der Waals surface area contributed by atoms with Crippen LogP contribution in [0.25, 0.3) is 28.0 Å². The van der Waals surface area contributed by atoms with Gasteiger partial charge in [-0.2, -0.15) is 10.2 Å². The van der Waals surface area contributed by atoms with Crippen LogP contribution in [-0.4, -0.2) is 84.3 Å². The summed E-state index contributed by atoms with van der Waals surface area (Å²) >= 11 is 0. The maximum atomic E-state index is 12.8. The van der Waals surface area contributed by atoms with E-state index >= 15 is 0 Å². The summed E-state index contributed by atoms with van der Waals surface area (Å²) in [6, 6.07) is 12.9. The number of nitrogens with zero attached hydrogens (tertiary/aromatic N) is 7. The van der Waals surface area contributed by atoms with Crippen molar-refractivity contribution in [1.82, 2.24) is 29.3 Å². The van der Waals surface area contributed by atoms with Crippen LogP contribution in [0.15, 0.2) is 48.9 Å². The number of benzene rings is 1. The zero-order valence-electron chi connectivity index (χ0n) is 24.1. The first-order chi connectivity index (χ1) is 19.6. The van der Waals surface area contributed by atoms with Crippen LogP contribution in [0.5, 0.6) is 0 Å². The highest BCUT2D eigenvalue weighted by Crippen LogP contribution is 2.38. The largest absolute Gasteiger partial charge is 0.382 e. The molecular weight excluding hydrogens is 520 g/mol. The second-order valence-electron chi connectivity index (χ2n) is 11.8. The van der Waals surface area contributed by atoms with Crippen LogP contribution in [0.4, 0.5) is 11.5 Å². The number of carbonyl (C=O) groups is 1. The first-order valence-corrected chi connectivity index (χ1v) is 14.3. The van der Waals surface area contributed by atoms with Gasteiger partial charge in [0.2, 0.25) is 0 Å². The quantitative estimate of drug-likeness (QED) is 0.382. The van der Waals surface area contributed by atoms with Gasteiger partial charge in [-0.05, 0) is 64.8 Å². The lowest BCUT2D eigenvalue weighted by Gasteiger charge is -2.47. The lowest BCUT2D eigenvalue weighted by atomic mass is 10.0. The van der Waals surface area contributed by atoms with Gasteiger partial charge in [0, 0.05) is 61.4 Å². The Morgan fingerprint density at radius 3 is 2.49 bits per heavy atom. The summed E-state index contributed by atoms with van der Waals surface area (Å²) in [6.07, 6.45) is 5.14. The molecule has 6 rings (SSSR count). The molecule has 2 unspecified atom stereocenters. The van der Waals surface area contributed by atoms with E-state index in [4.69, 9.17) is 10.5 Å². The summed E-state index contributed by atoms with van der Waals surface area (Å²) in [5, 5.41) is 19.6. The summed E-state index contributed by atoms with van der Waals surface area (Å²) in [5.74, 6) is 0.168. The molecule has 2 fully saturated rings. The predicted octanol–water partition coefficient (Wildman–Crippen LogP) is 3.39. The van der Waals surface area contributed by atoms with E-state index in [9.17, 15) is 9.90 Å². The molecule has 11 heteroatoms. The molecule has 5 heterocycles. The predicted molar refractivity (Wildman–Crippen MR) is 157 cm³/mol. The lowest BCUT2D eigenvalue weighted by molar-refractivity contribution is -0.149. The maximum absolute atomic E-state index is 12.8. The number of hydrogen-bond acceptors (Lipinski definition) is 8. The summed E-state index contributed by atoms with van der Waals surface area (Å²) in [4.78, 5) is 21.2. The van der Waals surface area contributed by atoms with E-state index < -0.39 is 5.60 Å². The molecule has 4 aromatic rings. The number of rotatable bonds is 5. The van der Waals surface area contributed by atoms with Crippen LogP contribution < -0.4 is 10.6 Å². The molecule has 2 aliphatic rings. The van der Waals surface area contributed by atoms with Gasteiger partial charge in [-0.25, -0.2) is 9.50 Å². The van der Waals surface area contributed by atoms with E-state index in [1.54, 1.807) is 18.7 Å². The van der Waals surface area contributed by atoms with Crippen molar-refractivity contribution in [2.45, 2.75) is 64.3 Å². The van der Waals surface area contributed by atoms with Gasteiger partial charge in [-0.1, -0.05) is 12.1 Å². The van der Waals surface area contributed by atoms with Crippen molar-refractivity contribution in [2.24, 2.45) is 0 Å². The zero-order chi connectivity index (χ0) is 28.9. The van der Waals surface area contributed by atoms with Crippen molar-refractivity contribution < 1.29 is 14.6 Å². The maximum Gasteiger partial charge on any atom is 0.254 e. The number of fused-ring (bicyclic) bond motifs is 1. The van der Waals surface area contributed by atoms with Gasteiger partial charge in [0.1, 0.15) is 17.4 Å². The van der Waals surface area contributed by atoms with E-state index in [0.717, 1.165) is 59.8 Å². The van der Waals surface area contributed by atoms with Crippen LogP contribution >= 0.6 is 0 Å². The molecule has 3 N–H and O–H groups in total. The molecule has 0 radical (unpaired) electrons. The highest BCUT2D eigenvalue weighted by atomic mass is 16.5. The van der Waals surface area contributed by atoms with Crippen LogP contribution in [0.1, 0.15) is 46.6 Å². The second-order valence-corrected chi connectivity index (χ2v) is 11.8. The molecule has 41 heavy (non-hydrogen) atoms. The minimum atomic E-state index is -1.39.